The van der Waals surface area contributed by atoms with Gasteiger partial charge in [-0.1, -0.05) is 51.3 Å². The minimum atomic E-state index is -0.0765. The molecule has 2 nitrogen and oxygen atoms in total. The Morgan fingerprint density at radius 1 is 1.11 bits per heavy atom. The van der Waals surface area contributed by atoms with E-state index in [1.54, 1.807) is 6.07 Å². The number of hydrogen-bond donors (Lipinski definition) is 2. The summed E-state index contributed by atoms with van der Waals surface area (Å²) in [5.41, 5.74) is 7.71. The number of benzene rings is 2. The van der Waals surface area contributed by atoms with Crippen molar-refractivity contribution in [1.29, 1.82) is 0 Å². The van der Waals surface area contributed by atoms with Crippen LogP contribution in [-0.4, -0.2) is 6.54 Å². The fourth-order valence-electron chi connectivity index (χ4n) is 1.80. The van der Waals surface area contributed by atoms with Crippen LogP contribution in [0.3, 0.4) is 0 Å². The monoisotopic (exact) mass is 358 g/mol. The topological polar surface area (TPSA) is 38.0 Å². The molecular formula is C14H13BrCl2N2. The molecular weight excluding hydrogens is 347 g/mol. The van der Waals surface area contributed by atoms with Crippen LogP contribution in [0.25, 0.3) is 0 Å². The first-order valence-corrected chi connectivity index (χ1v) is 7.33. The highest BCUT2D eigenvalue weighted by molar-refractivity contribution is 9.10. The lowest BCUT2D eigenvalue weighted by atomic mass is 10.1. The Kier molecular flexibility index (Phi) is 5.11. The van der Waals surface area contributed by atoms with E-state index in [-0.39, 0.29) is 6.04 Å². The van der Waals surface area contributed by atoms with Crippen molar-refractivity contribution in [2.45, 2.75) is 6.04 Å². The average Bonchev–Trinajstić information content (AvgIpc) is 2.42. The molecule has 0 radical (unpaired) electrons. The fourth-order valence-corrected chi connectivity index (χ4v) is 2.50. The lowest BCUT2D eigenvalue weighted by Gasteiger charge is -2.20. The van der Waals surface area contributed by atoms with Crippen LogP contribution in [0.5, 0.6) is 0 Å². The normalized spacial score (nSPS) is 12.2. The van der Waals surface area contributed by atoms with Gasteiger partial charge in [-0.05, 0) is 35.9 Å². The third kappa shape index (κ3) is 3.63. The van der Waals surface area contributed by atoms with Crippen LogP contribution in [0.1, 0.15) is 11.6 Å². The molecule has 100 valence electrons. The van der Waals surface area contributed by atoms with Gasteiger partial charge in [-0.25, -0.2) is 0 Å². The molecule has 0 saturated heterocycles. The summed E-state index contributed by atoms with van der Waals surface area (Å²) in [6, 6.07) is 13.4. The van der Waals surface area contributed by atoms with Crippen molar-refractivity contribution in [2.24, 2.45) is 5.73 Å². The second-order valence-corrected chi connectivity index (χ2v) is 5.78. The number of anilines is 1. The summed E-state index contributed by atoms with van der Waals surface area (Å²) in [5, 5.41) is 4.43. The summed E-state index contributed by atoms with van der Waals surface area (Å²) >= 11 is 15.7. The van der Waals surface area contributed by atoms with E-state index in [0.29, 0.717) is 16.6 Å². The summed E-state index contributed by atoms with van der Waals surface area (Å²) < 4.78 is 1.03. The van der Waals surface area contributed by atoms with Gasteiger partial charge in [0.05, 0.1) is 16.1 Å². The lowest BCUT2D eigenvalue weighted by molar-refractivity contribution is 0.790. The van der Waals surface area contributed by atoms with Crippen LogP contribution in [0.15, 0.2) is 46.9 Å². The highest BCUT2D eigenvalue weighted by atomic mass is 79.9. The van der Waals surface area contributed by atoms with Gasteiger partial charge in [0.2, 0.25) is 0 Å². The first-order chi connectivity index (χ1) is 9.11. The molecule has 0 bridgehead atoms. The number of rotatable bonds is 4. The molecule has 19 heavy (non-hydrogen) atoms. The molecule has 5 heteroatoms. The Bertz CT molecular complexity index is 558. The van der Waals surface area contributed by atoms with Crippen molar-refractivity contribution >= 4 is 44.8 Å². The molecule has 1 atom stereocenters. The fraction of sp³-hybridized carbons (Fsp3) is 0.143. The van der Waals surface area contributed by atoms with Crippen LogP contribution < -0.4 is 11.1 Å². The van der Waals surface area contributed by atoms with Crippen molar-refractivity contribution < 1.29 is 0 Å². The highest BCUT2D eigenvalue weighted by Gasteiger charge is 2.14. The van der Waals surface area contributed by atoms with E-state index in [9.17, 15) is 0 Å². The second-order valence-electron chi connectivity index (χ2n) is 4.08. The van der Waals surface area contributed by atoms with E-state index in [0.717, 1.165) is 15.7 Å². The van der Waals surface area contributed by atoms with Gasteiger partial charge < -0.3 is 11.1 Å². The Morgan fingerprint density at radius 3 is 2.42 bits per heavy atom. The van der Waals surface area contributed by atoms with Crippen LogP contribution in [0, 0.1) is 0 Å². The molecule has 0 spiro atoms. The van der Waals surface area contributed by atoms with Crippen molar-refractivity contribution in [3.63, 3.8) is 0 Å². The third-order valence-electron chi connectivity index (χ3n) is 2.78. The van der Waals surface area contributed by atoms with E-state index in [1.165, 1.54) is 0 Å². The zero-order chi connectivity index (χ0) is 13.8. The molecule has 0 saturated carbocycles. The summed E-state index contributed by atoms with van der Waals surface area (Å²) in [6.45, 7) is 0.427. The minimum absolute atomic E-state index is 0.0765. The van der Waals surface area contributed by atoms with Gasteiger partial charge in [-0.2, -0.15) is 0 Å². The second kappa shape index (κ2) is 6.62. The van der Waals surface area contributed by atoms with E-state index in [2.05, 4.69) is 21.2 Å². The summed E-state index contributed by atoms with van der Waals surface area (Å²) in [7, 11) is 0. The van der Waals surface area contributed by atoms with E-state index < -0.39 is 0 Å². The standard InChI is InChI=1S/C14H13BrCl2N2/c15-9-4-6-10(7-5-9)19-13(8-18)11-2-1-3-12(16)14(11)17/h1-7,13,19H,8,18H2. The van der Waals surface area contributed by atoms with Gasteiger partial charge in [-0.15, -0.1) is 0 Å². The highest BCUT2D eigenvalue weighted by Crippen LogP contribution is 2.31. The van der Waals surface area contributed by atoms with Crippen molar-refractivity contribution in [3.8, 4) is 0 Å². The zero-order valence-electron chi connectivity index (χ0n) is 10.0. The van der Waals surface area contributed by atoms with E-state index >= 15 is 0 Å². The van der Waals surface area contributed by atoms with Crippen LogP contribution in [-0.2, 0) is 0 Å². The predicted octanol–water partition coefficient (Wildman–Crippen LogP) is 4.87. The molecule has 2 aromatic carbocycles. The Labute approximate surface area is 131 Å². The zero-order valence-corrected chi connectivity index (χ0v) is 13.1. The molecule has 0 amide bonds. The van der Waals surface area contributed by atoms with Gasteiger partial charge >= 0.3 is 0 Å². The largest absolute Gasteiger partial charge is 0.377 e. The first kappa shape index (κ1) is 14.7. The molecule has 1 unspecified atom stereocenters. The molecule has 0 aliphatic carbocycles. The maximum absolute atomic E-state index is 6.22. The van der Waals surface area contributed by atoms with Gasteiger partial charge in [0.1, 0.15) is 0 Å². The van der Waals surface area contributed by atoms with Crippen molar-refractivity contribution in [3.05, 3.63) is 62.5 Å². The van der Waals surface area contributed by atoms with Gasteiger partial charge in [0.25, 0.3) is 0 Å². The predicted molar refractivity (Wildman–Crippen MR) is 86.0 cm³/mol. The Hall–Kier alpha value is -0.740. The van der Waals surface area contributed by atoms with Gasteiger partial charge in [0, 0.05) is 16.7 Å². The number of hydrogen-bond acceptors (Lipinski definition) is 2. The third-order valence-corrected chi connectivity index (χ3v) is 4.14. The average molecular weight is 360 g/mol. The lowest BCUT2D eigenvalue weighted by Crippen LogP contribution is -2.21. The smallest absolute Gasteiger partial charge is 0.0651 e. The SMILES string of the molecule is NCC(Nc1ccc(Br)cc1)c1cccc(Cl)c1Cl. The number of nitrogens with two attached hydrogens (primary N) is 1. The van der Waals surface area contributed by atoms with Crippen molar-refractivity contribution in [2.75, 3.05) is 11.9 Å². The molecule has 0 fully saturated rings. The molecule has 2 rings (SSSR count). The van der Waals surface area contributed by atoms with Gasteiger partial charge in [-0.3, -0.25) is 0 Å². The molecule has 0 heterocycles. The van der Waals surface area contributed by atoms with E-state index in [1.807, 2.05) is 36.4 Å². The van der Waals surface area contributed by atoms with Crippen molar-refractivity contribution in [1.82, 2.24) is 0 Å². The molecule has 0 aliphatic heterocycles. The molecule has 0 aromatic heterocycles. The van der Waals surface area contributed by atoms with Crippen LogP contribution in [0.4, 0.5) is 5.69 Å². The van der Waals surface area contributed by atoms with Gasteiger partial charge in [0.15, 0.2) is 0 Å². The summed E-state index contributed by atoms with van der Waals surface area (Å²) in [5.74, 6) is 0. The minimum Gasteiger partial charge on any atom is -0.377 e. The number of nitrogens with one attached hydrogen (secondary N) is 1. The summed E-state index contributed by atoms with van der Waals surface area (Å²) in [6.07, 6.45) is 0. The Balaban J connectivity index is 2.25. The quantitative estimate of drug-likeness (QED) is 0.817. The number of halogens is 3. The Morgan fingerprint density at radius 2 is 1.79 bits per heavy atom. The molecule has 2 aromatic rings. The summed E-state index contributed by atoms with van der Waals surface area (Å²) in [4.78, 5) is 0. The first-order valence-electron chi connectivity index (χ1n) is 5.78. The molecule has 0 aliphatic rings. The molecule has 3 N–H and O–H groups in total. The van der Waals surface area contributed by atoms with E-state index in [4.69, 9.17) is 28.9 Å². The maximum atomic E-state index is 6.22. The maximum Gasteiger partial charge on any atom is 0.0651 e. The van der Waals surface area contributed by atoms with Crippen LogP contribution >= 0.6 is 39.1 Å². The van der Waals surface area contributed by atoms with Crippen LogP contribution in [0.2, 0.25) is 10.0 Å².